The number of para-hydroxylation sites is 1. The van der Waals surface area contributed by atoms with Crippen LogP contribution in [0.3, 0.4) is 0 Å². The quantitative estimate of drug-likeness (QED) is 0.784. The SMILES string of the molecule is Cc1cccc(C)c1NC(=O)C(C)N[C@@H]1CCN[C@H]1C(C)C. The molecule has 1 fully saturated rings. The molecule has 1 amide bonds. The number of carbonyl (C=O) groups is 1. The van der Waals surface area contributed by atoms with E-state index in [2.05, 4.69) is 29.8 Å². The van der Waals surface area contributed by atoms with Crippen molar-refractivity contribution >= 4 is 11.6 Å². The highest BCUT2D eigenvalue weighted by molar-refractivity contribution is 5.95. The zero-order valence-electron chi connectivity index (χ0n) is 14.4. The summed E-state index contributed by atoms with van der Waals surface area (Å²) in [6.07, 6.45) is 1.07. The molecule has 2 rings (SSSR count). The second kappa shape index (κ2) is 7.25. The number of anilines is 1. The summed E-state index contributed by atoms with van der Waals surface area (Å²) in [6, 6.07) is 6.66. The topological polar surface area (TPSA) is 53.2 Å². The average Bonchev–Trinajstić information content (AvgIpc) is 2.91. The van der Waals surface area contributed by atoms with Gasteiger partial charge in [0.2, 0.25) is 5.91 Å². The van der Waals surface area contributed by atoms with Gasteiger partial charge in [0.15, 0.2) is 0 Å². The molecule has 1 unspecified atom stereocenters. The molecule has 1 heterocycles. The van der Waals surface area contributed by atoms with Crippen LogP contribution in [0.25, 0.3) is 0 Å². The first-order valence-corrected chi connectivity index (χ1v) is 8.26. The van der Waals surface area contributed by atoms with Gasteiger partial charge in [-0.1, -0.05) is 32.0 Å². The monoisotopic (exact) mass is 303 g/mol. The predicted molar refractivity (Wildman–Crippen MR) is 92.2 cm³/mol. The number of carbonyl (C=O) groups excluding carboxylic acids is 1. The Bertz CT molecular complexity index is 507. The first-order chi connectivity index (χ1) is 10.4. The third-order valence-corrected chi connectivity index (χ3v) is 4.57. The van der Waals surface area contributed by atoms with Crippen molar-refractivity contribution in [2.24, 2.45) is 5.92 Å². The van der Waals surface area contributed by atoms with Crippen LogP contribution in [-0.2, 0) is 4.79 Å². The molecule has 3 atom stereocenters. The fourth-order valence-corrected chi connectivity index (χ4v) is 3.25. The second-order valence-corrected chi connectivity index (χ2v) is 6.76. The highest BCUT2D eigenvalue weighted by atomic mass is 16.2. The van der Waals surface area contributed by atoms with Crippen molar-refractivity contribution in [1.82, 2.24) is 10.6 Å². The first-order valence-electron chi connectivity index (χ1n) is 8.26. The molecule has 4 nitrogen and oxygen atoms in total. The van der Waals surface area contributed by atoms with Crippen LogP contribution < -0.4 is 16.0 Å². The zero-order valence-corrected chi connectivity index (χ0v) is 14.4. The van der Waals surface area contributed by atoms with Gasteiger partial charge < -0.3 is 16.0 Å². The van der Waals surface area contributed by atoms with E-state index in [0.717, 1.165) is 29.8 Å². The Kier molecular flexibility index (Phi) is 5.59. The van der Waals surface area contributed by atoms with Gasteiger partial charge in [-0.15, -0.1) is 0 Å². The van der Waals surface area contributed by atoms with Crippen LogP contribution in [0.4, 0.5) is 5.69 Å². The molecular weight excluding hydrogens is 274 g/mol. The van der Waals surface area contributed by atoms with Gasteiger partial charge in [-0.25, -0.2) is 0 Å². The van der Waals surface area contributed by atoms with Crippen LogP contribution in [0.1, 0.15) is 38.3 Å². The van der Waals surface area contributed by atoms with Crippen LogP contribution in [0.5, 0.6) is 0 Å². The van der Waals surface area contributed by atoms with Gasteiger partial charge in [-0.05, 0) is 50.8 Å². The van der Waals surface area contributed by atoms with Crippen molar-refractivity contribution in [2.75, 3.05) is 11.9 Å². The number of benzene rings is 1. The molecule has 122 valence electrons. The molecule has 3 N–H and O–H groups in total. The Morgan fingerprint density at radius 1 is 1.23 bits per heavy atom. The van der Waals surface area contributed by atoms with Crippen LogP contribution >= 0.6 is 0 Å². The molecule has 0 spiro atoms. The van der Waals surface area contributed by atoms with E-state index in [-0.39, 0.29) is 11.9 Å². The van der Waals surface area contributed by atoms with E-state index in [4.69, 9.17) is 0 Å². The van der Waals surface area contributed by atoms with Crippen LogP contribution in [0.15, 0.2) is 18.2 Å². The molecule has 1 aromatic carbocycles. The number of aryl methyl sites for hydroxylation is 2. The lowest BCUT2D eigenvalue weighted by Gasteiger charge is -2.27. The van der Waals surface area contributed by atoms with E-state index in [1.54, 1.807) is 0 Å². The molecule has 4 heteroatoms. The molecule has 0 aromatic heterocycles. The molecule has 0 radical (unpaired) electrons. The van der Waals surface area contributed by atoms with E-state index in [1.807, 2.05) is 39.0 Å². The Hall–Kier alpha value is -1.39. The maximum atomic E-state index is 12.5. The molecule has 22 heavy (non-hydrogen) atoms. The number of nitrogens with one attached hydrogen (secondary N) is 3. The van der Waals surface area contributed by atoms with E-state index in [0.29, 0.717) is 18.0 Å². The van der Waals surface area contributed by atoms with Crippen LogP contribution in [-0.4, -0.2) is 30.6 Å². The first kappa shape index (κ1) is 17.0. The van der Waals surface area contributed by atoms with E-state index < -0.39 is 0 Å². The largest absolute Gasteiger partial charge is 0.324 e. The van der Waals surface area contributed by atoms with Crippen molar-refractivity contribution < 1.29 is 4.79 Å². The highest BCUT2D eigenvalue weighted by Gasteiger charge is 2.31. The summed E-state index contributed by atoms with van der Waals surface area (Å²) in [7, 11) is 0. The summed E-state index contributed by atoms with van der Waals surface area (Å²) < 4.78 is 0. The Morgan fingerprint density at radius 3 is 2.45 bits per heavy atom. The molecule has 1 aliphatic rings. The van der Waals surface area contributed by atoms with Crippen LogP contribution in [0, 0.1) is 19.8 Å². The zero-order chi connectivity index (χ0) is 16.3. The fourth-order valence-electron chi connectivity index (χ4n) is 3.25. The van der Waals surface area contributed by atoms with Crippen molar-refractivity contribution in [3.8, 4) is 0 Å². The van der Waals surface area contributed by atoms with Crippen molar-refractivity contribution in [2.45, 2.75) is 59.2 Å². The fraction of sp³-hybridized carbons (Fsp3) is 0.611. The maximum absolute atomic E-state index is 12.5. The van der Waals surface area contributed by atoms with Gasteiger partial charge in [-0.2, -0.15) is 0 Å². The predicted octanol–water partition coefficient (Wildman–Crippen LogP) is 2.61. The minimum atomic E-state index is -0.204. The third-order valence-electron chi connectivity index (χ3n) is 4.57. The van der Waals surface area contributed by atoms with Gasteiger partial charge in [0, 0.05) is 17.8 Å². The molecule has 1 saturated heterocycles. The number of amides is 1. The van der Waals surface area contributed by atoms with E-state index >= 15 is 0 Å². The Morgan fingerprint density at radius 2 is 1.86 bits per heavy atom. The van der Waals surface area contributed by atoms with Gasteiger partial charge in [-0.3, -0.25) is 4.79 Å². The summed E-state index contributed by atoms with van der Waals surface area (Å²) in [5, 5.41) is 10.1. The Balaban J connectivity index is 1.98. The van der Waals surface area contributed by atoms with Gasteiger partial charge in [0.25, 0.3) is 0 Å². The summed E-state index contributed by atoms with van der Waals surface area (Å²) >= 11 is 0. The Labute approximate surface area is 134 Å². The average molecular weight is 303 g/mol. The van der Waals surface area contributed by atoms with Gasteiger partial charge in [0.05, 0.1) is 6.04 Å². The van der Waals surface area contributed by atoms with Crippen molar-refractivity contribution in [1.29, 1.82) is 0 Å². The molecule has 1 aliphatic heterocycles. The molecule has 0 aliphatic carbocycles. The minimum Gasteiger partial charge on any atom is -0.324 e. The van der Waals surface area contributed by atoms with E-state index in [9.17, 15) is 4.79 Å². The van der Waals surface area contributed by atoms with Gasteiger partial charge in [0.1, 0.15) is 0 Å². The summed E-state index contributed by atoms with van der Waals surface area (Å²) in [5.74, 6) is 0.598. The normalized spacial score (nSPS) is 22.8. The molecule has 0 saturated carbocycles. The molecule has 1 aromatic rings. The lowest BCUT2D eigenvalue weighted by molar-refractivity contribution is -0.118. The van der Waals surface area contributed by atoms with Crippen molar-refractivity contribution in [3.05, 3.63) is 29.3 Å². The lowest BCUT2D eigenvalue weighted by atomic mass is 9.97. The van der Waals surface area contributed by atoms with Gasteiger partial charge >= 0.3 is 0 Å². The summed E-state index contributed by atoms with van der Waals surface area (Å²) in [6.45, 7) is 11.5. The third kappa shape index (κ3) is 3.87. The molecular formula is C18H29N3O. The second-order valence-electron chi connectivity index (χ2n) is 6.76. The standard InChI is InChI=1S/C18H29N3O/c1-11(2)16-15(9-10-19-16)20-14(5)18(22)21-17-12(3)7-6-8-13(17)4/h6-8,11,14-16,19-20H,9-10H2,1-5H3,(H,21,22)/t14?,15-,16+/m1/s1. The number of hydrogen-bond acceptors (Lipinski definition) is 3. The smallest absolute Gasteiger partial charge is 0.241 e. The summed E-state index contributed by atoms with van der Waals surface area (Å²) in [4.78, 5) is 12.5. The van der Waals surface area contributed by atoms with E-state index in [1.165, 1.54) is 0 Å². The maximum Gasteiger partial charge on any atom is 0.241 e. The minimum absolute atomic E-state index is 0.0341. The molecule has 0 bridgehead atoms. The summed E-state index contributed by atoms with van der Waals surface area (Å²) in [5.41, 5.74) is 3.14. The number of hydrogen-bond donors (Lipinski definition) is 3. The highest BCUT2D eigenvalue weighted by Crippen LogP contribution is 2.20. The van der Waals surface area contributed by atoms with Crippen molar-refractivity contribution in [3.63, 3.8) is 0 Å². The number of rotatable bonds is 5. The lowest BCUT2D eigenvalue weighted by Crippen LogP contribution is -2.50. The van der Waals surface area contributed by atoms with Crippen LogP contribution in [0.2, 0.25) is 0 Å².